The predicted molar refractivity (Wildman–Crippen MR) is 80.6 cm³/mol. The van der Waals surface area contributed by atoms with Gasteiger partial charge in [-0.2, -0.15) is 0 Å². The number of carboxylic acid groups (broad SMARTS) is 1. The molecular weight excluding hydrogens is 272 g/mol. The highest BCUT2D eigenvalue weighted by atomic mass is 32.2. The molecule has 0 unspecified atom stereocenters. The van der Waals surface area contributed by atoms with Gasteiger partial charge in [-0.1, -0.05) is 18.2 Å². The first-order valence-corrected chi connectivity index (χ1v) is 7.35. The van der Waals surface area contributed by atoms with Gasteiger partial charge in [0.25, 0.3) is 0 Å². The van der Waals surface area contributed by atoms with Crippen LogP contribution in [0.4, 0.5) is 0 Å². The molecule has 0 spiro atoms. The van der Waals surface area contributed by atoms with E-state index in [2.05, 4.69) is 0 Å². The number of benzene rings is 2. The Morgan fingerprint density at radius 2 is 1.95 bits per heavy atom. The molecule has 0 radical (unpaired) electrons. The molecule has 2 aromatic carbocycles. The Morgan fingerprint density at radius 1 is 1.20 bits per heavy atom. The fourth-order valence-corrected chi connectivity index (χ4v) is 2.65. The lowest BCUT2D eigenvalue weighted by Gasteiger charge is -2.05. The van der Waals surface area contributed by atoms with Crippen LogP contribution in [-0.4, -0.2) is 17.7 Å². The average Bonchev–Trinajstić information content (AvgIpc) is 2.47. The average molecular weight is 288 g/mol. The highest BCUT2D eigenvalue weighted by molar-refractivity contribution is 7.98. The third-order valence-electron chi connectivity index (χ3n) is 2.72. The summed E-state index contributed by atoms with van der Waals surface area (Å²) in [7, 11) is 0. The van der Waals surface area contributed by atoms with Crippen molar-refractivity contribution < 1.29 is 14.6 Å². The van der Waals surface area contributed by atoms with Crippen molar-refractivity contribution in [2.75, 3.05) is 6.61 Å². The van der Waals surface area contributed by atoms with Gasteiger partial charge in [-0.05, 0) is 42.8 Å². The molecule has 0 saturated heterocycles. The van der Waals surface area contributed by atoms with Crippen LogP contribution in [0.1, 0.15) is 22.8 Å². The van der Waals surface area contributed by atoms with Gasteiger partial charge < -0.3 is 9.84 Å². The number of hydrogen-bond acceptors (Lipinski definition) is 3. The molecule has 1 N–H and O–H groups in total. The highest BCUT2D eigenvalue weighted by Gasteiger charge is 2.04. The minimum Gasteiger partial charge on any atom is -0.494 e. The molecule has 2 aromatic rings. The zero-order valence-electron chi connectivity index (χ0n) is 11.2. The second kappa shape index (κ2) is 7.01. The summed E-state index contributed by atoms with van der Waals surface area (Å²) in [5.74, 6) is 0.776. The van der Waals surface area contributed by atoms with Crippen LogP contribution < -0.4 is 4.74 Å². The molecule has 0 aliphatic carbocycles. The van der Waals surface area contributed by atoms with E-state index in [1.165, 1.54) is 5.56 Å². The Kier molecular flexibility index (Phi) is 5.07. The van der Waals surface area contributed by atoms with Crippen LogP contribution >= 0.6 is 11.8 Å². The maximum atomic E-state index is 10.9. The molecule has 0 amide bonds. The van der Waals surface area contributed by atoms with Crippen molar-refractivity contribution in [2.24, 2.45) is 0 Å². The maximum absolute atomic E-state index is 10.9. The van der Waals surface area contributed by atoms with Crippen molar-refractivity contribution in [3.63, 3.8) is 0 Å². The minimum absolute atomic E-state index is 0.321. The van der Waals surface area contributed by atoms with Crippen LogP contribution in [0.15, 0.2) is 53.4 Å². The summed E-state index contributed by atoms with van der Waals surface area (Å²) in [5, 5.41) is 8.95. The Morgan fingerprint density at radius 3 is 2.60 bits per heavy atom. The van der Waals surface area contributed by atoms with E-state index in [4.69, 9.17) is 9.84 Å². The van der Waals surface area contributed by atoms with Crippen LogP contribution in [-0.2, 0) is 5.75 Å². The van der Waals surface area contributed by atoms with Crippen molar-refractivity contribution in [1.82, 2.24) is 0 Å². The highest BCUT2D eigenvalue weighted by Crippen LogP contribution is 2.24. The number of aromatic carboxylic acids is 1. The topological polar surface area (TPSA) is 46.5 Å². The number of hydrogen-bond donors (Lipinski definition) is 1. The molecule has 0 bridgehead atoms. The van der Waals surface area contributed by atoms with E-state index in [0.717, 1.165) is 16.4 Å². The van der Waals surface area contributed by atoms with Gasteiger partial charge in [-0.3, -0.25) is 0 Å². The van der Waals surface area contributed by atoms with Gasteiger partial charge in [0.05, 0.1) is 12.2 Å². The first-order chi connectivity index (χ1) is 9.69. The third kappa shape index (κ3) is 4.03. The van der Waals surface area contributed by atoms with Crippen LogP contribution in [0.3, 0.4) is 0 Å². The number of rotatable bonds is 6. The monoisotopic (exact) mass is 288 g/mol. The molecule has 0 aliphatic heterocycles. The summed E-state index contributed by atoms with van der Waals surface area (Å²) in [5.41, 5.74) is 1.50. The number of carboxylic acids is 1. The minimum atomic E-state index is -0.895. The Bertz CT molecular complexity index is 579. The lowest BCUT2D eigenvalue weighted by atomic mass is 10.2. The van der Waals surface area contributed by atoms with Crippen LogP contribution in [0.5, 0.6) is 5.75 Å². The Hall–Kier alpha value is -1.94. The quantitative estimate of drug-likeness (QED) is 0.814. The molecule has 20 heavy (non-hydrogen) atoms. The lowest BCUT2D eigenvalue weighted by Crippen LogP contribution is -1.95. The molecule has 3 nitrogen and oxygen atoms in total. The first kappa shape index (κ1) is 14.5. The van der Waals surface area contributed by atoms with Crippen molar-refractivity contribution in [3.05, 3.63) is 59.7 Å². The van der Waals surface area contributed by atoms with Gasteiger partial charge in [0.15, 0.2) is 0 Å². The van der Waals surface area contributed by atoms with Crippen molar-refractivity contribution in [1.29, 1.82) is 0 Å². The smallest absolute Gasteiger partial charge is 0.335 e. The van der Waals surface area contributed by atoms with Crippen LogP contribution in [0, 0.1) is 0 Å². The molecule has 0 saturated carbocycles. The van der Waals surface area contributed by atoms with E-state index in [-0.39, 0.29) is 0 Å². The normalized spacial score (nSPS) is 10.2. The van der Waals surface area contributed by atoms with Gasteiger partial charge in [-0.15, -0.1) is 11.8 Å². The van der Waals surface area contributed by atoms with Crippen molar-refractivity contribution in [2.45, 2.75) is 17.6 Å². The van der Waals surface area contributed by atoms with Crippen molar-refractivity contribution in [3.8, 4) is 5.75 Å². The van der Waals surface area contributed by atoms with Gasteiger partial charge >= 0.3 is 5.97 Å². The zero-order chi connectivity index (χ0) is 14.4. The maximum Gasteiger partial charge on any atom is 0.335 e. The van der Waals surface area contributed by atoms with Gasteiger partial charge in [-0.25, -0.2) is 4.79 Å². The number of carbonyl (C=O) groups is 1. The molecule has 2 rings (SSSR count). The molecule has 0 heterocycles. The van der Waals surface area contributed by atoms with Crippen LogP contribution in [0.25, 0.3) is 0 Å². The Balaban J connectivity index is 1.97. The summed E-state index contributed by atoms with van der Waals surface area (Å²) in [6.45, 7) is 2.62. The number of thioether (sulfide) groups is 1. The standard InChI is InChI=1S/C16H16O3S/c1-2-19-14-8-6-12(7-9-14)11-20-15-5-3-4-13(10-15)16(17)18/h3-10H,2,11H2,1H3,(H,17,18). The van der Waals surface area contributed by atoms with E-state index in [1.807, 2.05) is 37.3 Å². The summed E-state index contributed by atoms with van der Waals surface area (Å²) < 4.78 is 5.39. The number of ether oxygens (including phenoxy) is 1. The summed E-state index contributed by atoms with van der Waals surface area (Å²) in [4.78, 5) is 11.9. The molecule has 0 aromatic heterocycles. The molecule has 4 heteroatoms. The first-order valence-electron chi connectivity index (χ1n) is 6.37. The second-order valence-corrected chi connectivity index (χ2v) is 5.25. The second-order valence-electron chi connectivity index (χ2n) is 4.20. The van der Waals surface area contributed by atoms with E-state index in [9.17, 15) is 4.79 Å². The van der Waals surface area contributed by atoms with Crippen LogP contribution in [0.2, 0.25) is 0 Å². The fourth-order valence-electron chi connectivity index (χ4n) is 1.73. The fraction of sp³-hybridized carbons (Fsp3) is 0.188. The molecule has 0 atom stereocenters. The van der Waals surface area contributed by atoms with E-state index < -0.39 is 5.97 Å². The third-order valence-corrected chi connectivity index (χ3v) is 3.79. The van der Waals surface area contributed by atoms with Gasteiger partial charge in [0.1, 0.15) is 5.75 Å². The predicted octanol–water partition coefficient (Wildman–Crippen LogP) is 4.08. The van der Waals surface area contributed by atoms with Gasteiger partial charge in [0.2, 0.25) is 0 Å². The van der Waals surface area contributed by atoms with E-state index in [1.54, 1.807) is 30.0 Å². The molecule has 0 aliphatic rings. The zero-order valence-corrected chi connectivity index (χ0v) is 12.0. The Labute approximate surface area is 122 Å². The lowest BCUT2D eigenvalue weighted by molar-refractivity contribution is 0.0696. The SMILES string of the molecule is CCOc1ccc(CSc2cccc(C(=O)O)c2)cc1. The van der Waals surface area contributed by atoms with Crippen molar-refractivity contribution >= 4 is 17.7 Å². The van der Waals surface area contributed by atoms with E-state index in [0.29, 0.717) is 12.2 Å². The molecular formula is C16H16O3S. The largest absolute Gasteiger partial charge is 0.494 e. The molecule has 104 valence electrons. The van der Waals surface area contributed by atoms with Gasteiger partial charge in [0, 0.05) is 10.6 Å². The molecule has 0 fully saturated rings. The summed E-state index contributed by atoms with van der Waals surface area (Å²) in [6, 6.07) is 14.9. The summed E-state index contributed by atoms with van der Waals surface area (Å²) >= 11 is 1.62. The van der Waals surface area contributed by atoms with E-state index >= 15 is 0 Å². The summed E-state index contributed by atoms with van der Waals surface area (Å²) in [6.07, 6.45) is 0.